The van der Waals surface area contributed by atoms with Crippen molar-refractivity contribution in [2.45, 2.75) is 13.0 Å². The first kappa shape index (κ1) is 15.8. The molecule has 23 heavy (non-hydrogen) atoms. The maximum absolute atomic E-state index is 12.3. The summed E-state index contributed by atoms with van der Waals surface area (Å²) in [6.07, 6.45) is -0.602. The zero-order valence-corrected chi connectivity index (χ0v) is 14.6. The van der Waals surface area contributed by atoms with Gasteiger partial charge >= 0.3 is 0 Å². The number of carbonyl (C=O) groups excluding carboxylic acids is 2. The normalized spacial score (nSPS) is 16.5. The number of halogens is 1. The highest BCUT2D eigenvalue weighted by Gasteiger charge is 2.32. The van der Waals surface area contributed by atoms with Crippen LogP contribution in [0.3, 0.4) is 0 Å². The van der Waals surface area contributed by atoms with Crippen LogP contribution in [0.1, 0.15) is 6.92 Å². The van der Waals surface area contributed by atoms with Crippen molar-refractivity contribution in [2.24, 2.45) is 0 Å². The molecular weight excluding hydrogens is 407 g/mol. The van der Waals surface area contributed by atoms with Gasteiger partial charge in [0.25, 0.3) is 5.91 Å². The lowest BCUT2D eigenvalue weighted by Crippen LogP contribution is -2.47. The minimum absolute atomic E-state index is 0.0466. The molecule has 5 nitrogen and oxygen atoms in total. The number of hydrogen-bond donors (Lipinski definition) is 1. The van der Waals surface area contributed by atoms with Gasteiger partial charge in [-0.05, 0) is 59.8 Å². The lowest BCUT2D eigenvalue weighted by atomic mass is 10.2. The van der Waals surface area contributed by atoms with Crippen molar-refractivity contribution < 1.29 is 14.3 Å². The molecule has 2 amide bonds. The monoisotopic (exact) mass is 422 g/mol. The second-order valence-corrected chi connectivity index (χ2v) is 6.46. The Balaban J connectivity index is 1.78. The molecule has 1 atom stereocenters. The van der Waals surface area contributed by atoms with Crippen molar-refractivity contribution in [3.8, 4) is 5.75 Å². The zero-order chi connectivity index (χ0) is 16.4. The number of fused-ring (bicyclic) bond motifs is 1. The van der Waals surface area contributed by atoms with E-state index in [0.717, 1.165) is 3.57 Å². The lowest BCUT2D eigenvalue weighted by Gasteiger charge is -2.32. The van der Waals surface area contributed by atoms with E-state index in [9.17, 15) is 9.59 Å². The third-order valence-corrected chi connectivity index (χ3v) is 4.15. The summed E-state index contributed by atoms with van der Waals surface area (Å²) < 4.78 is 6.60. The minimum Gasteiger partial charge on any atom is -0.479 e. The second-order valence-electron chi connectivity index (χ2n) is 5.21. The molecule has 118 valence electrons. The van der Waals surface area contributed by atoms with Crippen molar-refractivity contribution in [3.63, 3.8) is 0 Å². The smallest absolute Gasteiger partial charge is 0.268 e. The van der Waals surface area contributed by atoms with E-state index in [1.807, 2.05) is 36.4 Å². The standard InChI is InChI=1S/C17H15IN2O3/c1-11-17(22)20(14-7-2-3-8-15(14)23-11)10-16(21)19-13-6-4-5-12(18)9-13/h2-9,11H,10H2,1H3,(H,19,21). The van der Waals surface area contributed by atoms with Gasteiger partial charge in [0.05, 0.1) is 5.69 Å². The van der Waals surface area contributed by atoms with Gasteiger partial charge in [0.2, 0.25) is 5.91 Å². The Morgan fingerprint density at radius 2 is 2.04 bits per heavy atom. The third-order valence-electron chi connectivity index (χ3n) is 3.48. The van der Waals surface area contributed by atoms with E-state index in [4.69, 9.17) is 4.74 Å². The molecule has 0 spiro atoms. The summed E-state index contributed by atoms with van der Waals surface area (Å²) >= 11 is 2.18. The van der Waals surface area contributed by atoms with Crippen molar-refractivity contribution in [1.29, 1.82) is 0 Å². The van der Waals surface area contributed by atoms with Gasteiger partial charge in [-0.15, -0.1) is 0 Å². The molecule has 1 aliphatic heterocycles. The van der Waals surface area contributed by atoms with Crippen LogP contribution in [0.15, 0.2) is 48.5 Å². The average molecular weight is 422 g/mol. The molecule has 0 radical (unpaired) electrons. The topological polar surface area (TPSA) is 58.6 Å². The second kappa shape index (κ2) is 6.57. The minimum atomic E-state index is -0.602. The predicted molar refractivity (Wildman–Crippen MR) is 96.7 cm³/mol. The van der Waals surface area contributed by atoms with E-state index >= 15 is 0 Å². The van der Waals surface area contributed by atoms with E-state index in [0.29, 0.717) is 17.1 Å². The van der Waals surface area contributed by atoms with Crippen molar-refractivity contribution in [1.82, 2.24) is 0 Å². The third kappa shape index (κ3) is 3.47. The van der Waals surface area contributed by atoms with E-state index in [1.54, 1.807) is 19.1 Å². The first-order valence-corrected chi connectivity index (χ1v) is 8.25. The molecule has 0 aromatic heterocycles. The van der Waals surface area contributed by atoms with Crippen molar-refractivity contribution >= 4 is 45.8 Å². The summed E-state index contributed by atoms with van der Waals surface area (Å²) in [5.41, 5.74) is 1.33. The zero-order valence-electron chi connectivity index (χ0n) is 12.5. The molecule has 0 saturated heterocycles. The van der Waals surface area contributed by atoms with Gasteiger partial charge in [0, 0.05) is 9.26 Å². The van der Waals surface area contributed by atoms with Gasteiger partial charge in [0.15, 0.2) is 6.10 Å². The quantitative estimate of drug-likeness (QED) is 0.774. The number of amides is 2. The maximum Gasteiger partial charge on any atom is 0.268 e. The highest BCUT2D eigenvalue weighted by atomic mass is 127. The molecule has 1 N–H and O–H groups in total. The van der Waals surface area contributed by atoms with Crippen LogP contribution >= 0.6 is 22.6 Å². The number of ether oxygens (including phenoxy) is 1. The van der Waals surface area contributed by atoms with Crippen LogP contribution in [-0.2, 0) is 9.59 Å². The number of carbonyl (C=O) groups is 2. The van der Waals surface area contributed by atoms with Crippen molar-refractivity contribution in [2.75, 3.05) is 16.8 Å². The number of para-hydroxylation sites is 2. The number of rotatable bonds is 3. The average Bonchev–Trinajstić information content (AvgIpc) is 2.52. The van der Waals surface area contributed by atoms with Gasteiger partial charge in [0.1, 0.15) is 12.3 Å². The Labute approximate surface area is 147 Å². The summed E-state index contributed by atoms with van der Waals surface area (Å²) in [4.78, 5) is 26.1. The molecule has 3 rings (SSSR count). The van der Waals surface area contributed by atoms with E-state index < -0.39 is 6.10 Å². The summed E-state index contributed by atoms with van der Waals surface area (Å²) in [5.74, 6) is 0.146. The number of anilines is 2. The van der Waals surface area contributed by atoms with Crippen LogP contribution in [0.4, 0.5) is 11.4 Å². The molecule has 2 aromatic rings. The summed E-state index contributed by atoms with van der Waals surface area (Å²) in [6, 6.07) is 14.7. The summed E-state index contributed by atoms with van der Waals surface area (Å²) in [6.45, 7) is 1.64. The number of benzene rings is 2. The van der Waals surface area contributed by atoms with Crippen LogP contribution in [0.25, 0.3) is 0 Å². The molecule has 0 bridgehead atoms. The Morgan fingerprint density at radius 1 is 1.26 bits per heavy atom. The SMILES string of the molecule is CC1Oc2ccccc2N(CC(=O)Nc2cccc(I)c2)C1=O. The molecule has 6 heteroatoms. The molecule has 2 aromatic carbocycles. The highest BCUT2D eigenvalue weighted by molar-refractivity contribution is 14.1. The highest BCUT2D eigenvalue weighted by Crippen LogP contribution is 2.33. The van der Waals surface area contributed by atoms with Gasteiger partial charge in [-0.25, -0.2) is 0 Å². The molecule has 0 saturated carbocycles. The molecule has 1 aliphatic rings. The summed E-state index contributed by atoms with van der Waals surface area (Å²) in [7, 11) is 0. The van der Waals surface area contributed by atoms with Crippen LogP contribution in [0, 0.1) is 3.57 Å². The van der Waals surface area contributed by atoms with Gasteiger partial charge < -0.3 is 10.1 Å². The number of hydrogen-bond acceptors (Lipinski definition) is 3. The fourth-order valence-corrected chi connectivity index (χ4v) is 2.98. The largest absolute Gasteiger partial charge is 0.479 e. The van der Waals surface area contributed by atoms with Gasteiger partial charge in [-0.2, -0.15) is 0 Å². The van der Waals surface area contributed by atoms with E-state index in [2.05, 4.69) is 27.9 Å². The van der Waals surface area contributed by atoms with Crippen LogP contribution in [0.2, 0.25) is 0 Å². The molecular formula is C17H15IN2O3. The predicted octanol–water partition coefficient (Wildman–Crippen LogP) is 3.04. The molecule has 1 unspecified atom stereocenters. The Kier molecular flexibility index (Phi) is 4.51. The van der Waals surface area contributed by atoms with Gasteiger partial charge in [-0.1, -0.05) is 18.2 Å². The maximum atomic E-state index is 12.3. The summed E-state index contributed by atoms with van der Waals surface area (Å²) in [5, 5.41) is 2.82. The Morgan fingerprint density at radius 3 is 2.83 bits per heavy atom. The first-order valence-electron chi connectivity index (χ1n) is 7.17. The molecule has 0 fully saturated rings. The van der Waals surface area contributed by atoms with Crippen LogP contribution in [0.5, 0.6) is 5.75 Å². The van der Waals surface area contributed by atoms with Crippen molar-refractivity contribution in [3.05, 3.63) is 52.1 Å². The van der Waals surface area contributed by atoms with Crippen LogP contribution < -0.4 is 15.0 Å². The fraction of sp³-hybridized carbons (Fsp3) is 0.176. The number of nitrogens with zero attached hydrogens (tertiary/aromatic N) is 1. The van der Waals surface area contributed by atoms with E-state index in [1.165, 1.54) is 4.90 Å². The van der Waals surface area contributed by atoms with Crippen LogP contribution in [-0.4, -0.2) is 24.5 Å². The Hall–Kier alpha value is -2.09. The number of nitrogens with one attached hydrogen (secondary N) is 1. The van der Waals surface area contributed by atoms with E-state index in [-0.39, 0.29) is 18.4 Å². The van der Waals surface area contributed by atoms with Gasteiger partial charge in [-0.3, -0.25) is 14.5 Å². The lowest BCUT2D eigenvalue weighted by molar-refractivity contribution is -0.127. The fourth-order valence-electron chi connectivity index (χ4n) is 2.43. The Bertz CT molecular complexity index is 763. The molecule has 1 heterocycles. The molecule has 0 aliphatic carbocycles. The first-order chi connectivity index (χ1) is 11.0.